The van der Waals surface area contributed by atoms with Crippen molar-refractivity contribution in [2.24, 2.45) is 0 Å². The molecule has 0 spiro atoms. The van der Waals surface area contributed by atoms with Crippen LogP contribution in [-0.4, -0.2) is 38.4 Å². The highest BCUT2D eigenvalue weighted by molar-refractivity contribution is 7.91. The van der Waals surface area contributed by atoms with Crippen molar-refractivity contribution in [2.75, 3.05) is 18.1 Å². The molecule has 1 aliphatic rings. The number of halogens is 1. The van der Waals surface area contributed by atoms with Gasteiger partial charge in [0.1, 0.15) is 0 Å². The van der Waals surface area contributed by atoms with Crippen LogP contribution in [0.2, 0.25) is 5.02 Å². The summed E-state index contributed by atoms with van der Waals surface area (Å²) in [5, 5.41) is 6.55. The second-order valence-electron chi connectivity index (χ2n) is 5.31. The molecule has 1 aromatic carbocycles. The number of benzene rings is 1. The molecule has 0 aromatic heterocycles. The molecule has 1 unspecified atom stereocenters. The third kappa shape index (κ3) is 4.98. The number of hydrogen-bond donors (Lipinski definition) is 2. The summed E-state index contributed by atoms with van der Waals surface area (Å²) in [6, 6.07) is 6.81. The van der Waals surface area contributed by atoms with E-state index in [0.29, 0.717) is 11.6 Å². The van der Waals surface area contributed by atoms with Crippen LogP contribution in [0.4, 0.5) is 0 Å². The quantitative estimate of drug-likeness (QED) is 0.872. The maximum atomic E-state index is 12.0. The standard InChI is InChI=1S/C14H19ClN2O3S/c1-10(11-3-2-4-12(15)7-11)17-14(18)8-13-9-21(19,20)6-5-16-13/h2-4,7,10,13,16H,5-6,8-9H2,1H3,(H,17,18)/t10-,13?/m0/s1. The van der Waals surface area contributed by atoms with Crippen LogP contribution >= 0.6 is 11.6 Å². The fraction of sp³-hybridized carbons (Fsp3) is 0.500. The summed E-state index contributed by atoms with van der Waals surface area (Å²) >= 11 is 5.92. The first-order valence-corrected chi connectivity index (χ1v) is 9.04. The Balaban J connectivity index is 1.89. The van der Waals surface area contributed by atoms with Gasteiger partial charge in [-0.3, -0.25) is 4.79 Å². The van der Waals surface area contributed by atoms with Crippen LogP contribution in [0.3, 0.4) is 0 Å². The van der Waals surface area contributed by atoms with E-state index in [-0.39, 0.29) is 35.9 Å². The fourth-order valence-corrected chi connectivity index (χ4v) is 4.02. The number of hydrogen-bond acceptors (Lipinski definition) is 4. The molecule has 2 rings (SSSR count). The Labute approximate surface area is 130 Å². The highest BCUT2D eigenvalue weighted by atomic mass is 35.5. The Kier molecular flexibility index (Phi) is 5.24. The average molecular weight is 331 g/mol. The van der Waals surface area contributed by atoms with Gasteiger partial charge in [0.2, 0.25) is 5.91 Å². The van der Waals surface area contributed by atoms with E-state index in [4.69, 9.17) is 11.6 Å². The van der Waals surface area contributed by atoms with E-state index in [9.17, 15) is 13.2 Å². The predicted molar refractivity (Wildman–Crippen MR) is 83.1 cm³/mol. The van der Waals surface area contributed by atoms with Crippen LogP contribution < -0.4 is 10.6 Å². The summed E-state index contributed by atoms with van der Waals surface area (Å²) in [4.78, 5) is 12.0. The summed E-state index contributed by atoms with van der Waals surface area (Å²) in [5.74, 6) is -0.00667. The molecule has 0 bridgehead atoms. The van der Waals surface area contributed by atoms with Crippen molar-refractivity contribution < 1.29 is 13.2 Å². The molecule has 1 heterocycles. The van der Waals surface area contributed by atoms with Crippen molar-refractivity contribution in [1.82, 2.24) is 10.6 Å². The van der Waals surface area contributed by atoms with Crippen molar-refractivity contribution in [3.63, 3.8) is 0 Å². The Bertz CT molecular complexity index is 618. The molecule has 0 radical (unpaired) electrons. The van der Waals surface area contributed by atoms with Crippen molar-refractivity contribution in [2.45, 2.75) is 25.4 Å². The van der Waals surface area contributed by atoms with Gasteiger partial charge in [-0.15, -0.1) is 0 Å². The highest BCUT2D eigenvalue weighted by Gasteiger charge is 2.26. The van der Waals surface area contributed by atoms with E-state index in [2.05, 4.69) is 10.6 Å². The minimum absolute atomic E-state index is 0.0198. The van der Waals surface area contributed by atoms with Gasteiger partial charge < -0.3 is 10.6 Å². The van der Waals surface area contributed by atoms with E-state index < -0.39 is 9.84 Å². The molecule has 0 aliphatic carbocycles. The molecule has 1 aromatic rings. The first-order chi connectivity index (χ1) is 9.85. The maximum absolute atomic E-state index is 12.0. The molecule has 0 saturated carbocycles. The Morgan fingerprint density at radius 2 is 2.29 bits per heavy atom. The first-order valence-electron chi connectivity index (χ1n) is 6.84. The molecule has 7 heteroatoms. The topological polar surface area (TPSA) is 75.3 Å². The van der Waals surface area contributed by atoms with E-state index in [0.717, 1.165) is 5.56 Å². The van der Waals surface area contributed by atoms with Gasteiger partial charge in [0.05, 0.1) is 17.5 Å². The van der Waals surface area contributed by atoms with Gasteiger partial charge in [-0.05, 0) is 24.6 Å². The van der Waals surface area contributed by atoms with E-state index in [1.165, 1.54) is 0 Å². The SMILES string of the molecule is C[C@H](NC(=O)CC1CS(=O)(=O)CCN1)c1cccc(Cl)c1. The summed E-state index contributed by atoms with van der Waals surface area (Å²) in [5.41, 5.74) is 0.917. The number of sulfone groups is 1. The van der Waals surface area contributed by atoms with Gasteiger partial charge in [0.25, 0.3) is 0 Å². The molecule has 1 aliphatic heterocycles. The monoisotopic (exact) mass is 330 g/mol. The molecule has 1 amide bonds. The van der Waals surface area contributed by atoms with E-state index in [1.54, 1.807) is 12.1 Å². The third-order valence-corrected chi connectivity index (χ3v) is 5.43. The van der Waals surface area contributed by atoms with Gasteiger partial charge >= 0.3 is 0 Å². The fourth-order valence-electron chi connectivity index (χ4n) is 2.38. The number of carbonyl (C=O) groups is 1. The Morgan fingerprint density at radius 1 is 1.52 bits per heavy atom. The molecule has 1 fully saturated rings. The van der Waals surface area contributed by atoms with E-state index >= 15 is 0 Å². The predicted octanol–water partition coefficient (Wildman–Crippen LogP) is 1.29. The van der Waals surface area contributed by atoms with Crippen LogP contribution in [0.15, 0.2) is 24.3 Å². The summed E-state index contributed by atoms with van der Waals surface area (Å²) in [6.45, 7) is 2.28. The summed E-state index contributed by atoms with van der Waals surface area (Å²) in [7, 11) is -3.02. The smallest absolute Gasteiger partial charge is 0.222 e. The van der Waals surface area contributed by atoms with Crippen LogP contribution in [0, 0.1) is 0 Å². The average Bonchev–Trinajstić information content (AvgIpc) is 2.37. The van der Waals surface area contributed by atoms with Crippen LogP contribution in [-0.2, 0) is 14.6 Å². The normalized spacial score (nSPS) is 22.5. The molecule has 1 saturated heterocycles. The lowest BCUT2D eigenvalue weighted by Crippen LogP contribution is -2.47. The zero-order valence-electron chi connectivity index (χ0n) is 11.8. The zero-order valence-corrected chi connectivity index (χ0v) is 13.4. The number of nitrogens with one attached hydrogen (secondary N) is 2. The third-order valence-electron chi connectivity index (χ3n) is 3.46. The van der Waals surface area contributed by atoms with E-state index in [1.807, 2.05) is 19.1 Å². The minimum atomic E-state index is -3.02. The lowest BCUT2D eigenvalue weighted by Gasteiger charge is -2.24. The van der Waals surface area contributed by atoms with Gasteiger partial charge in [-0.2, -0.15) is 0 Å². The van der Waals surface area contributed by atoms with Crippen molar-refractivity contribution in [3.05, 3.63) is 34.9 Å². The van der Waals surface area contributed by atoms with Gasteiger partial charge in [-0.1, -0.05) is 23.7 Å². The second-order valence-corrected chi connectivity index (χ2v) is 7.98. The molecular formula is C14H19ClN2O3S. The lowest BCUT2D eigenvalue weighted by atomic mass is 10.1. The number of carbonyl (C=O) groups excluding carboxylic acids is 1. The first kappa shape index (κ1) is 16.3. The molecule has 116 valence electrons. The molecule has 5 nitrogen and oxygen atoms in total. The van der Waals surface area contributed by atoms with Crippen LogP contribution in [0.5, 0.6) is 0 Å². The number of amides is 1. The van der Waals surface area contributed by atoms with Crippen LogP contribution in [0.1, 0.15) is 24.9 Å². The largest absolute Gasteiger partial charge is 0.350 e. The van der Waals surface area contributed by atoms with Crippen molar-refractivity contribution in [3.8, 4) is 0 Å². The second kappa shape index (κ2) is 6.77. The lowest BCUT2D eigenvalue weighted by molar-refractivity contribution is -0.122. The number of rotatable bonds is 4. The molecule has 2 atom stereocenters. The summed E-state index contributed by atoms with van der Waals surface area (Å²) < 4.78 is 23.1. The molecule has 21 heavy (non-hydrogen) atoms. The highest BCUT2D eigenvalue weighted by Crippen LogP contribution is 2.17. The summed E-state index contributed by atoms with van der Waals surface area (Å²) in [6.07, 6.45) is 0.157. The molecule has 2 N–H and O–H groups in total. The van der Waals surface area contributed by atoms with Crippen molar-refractivity contribution >= 4 is 27.3 Å². The van der Waals surface area contributed by atoms with Gasteiger partial charge in [-0.25, -0.2) is 8.42 Å². The maximum Gasteiger partial charge on any atom is 0.222 e. The van der Waals surface area contributed by atoms with Crippen molar-refractivity contribution in [1.29, 1.82) is 0 Å². The Hall–Kier alpha value is -1.11. The van der Waals surface area contributed by atoms with Crippen LogP contribution in [0.25, 0.3) is 0 Å². The zero-order chi connectivity index (χ0) is 15.5. The van der Waals surface area contributed by atoms with Gasteiger partial charge in [0, 0.05) is 24.0 Å². The molecular weight excluding hydrogens is 312 g/mol. The van der Waals surface area contributed by atoms with Gasteiger partial charge in [0.15, 0.2) is 9.84 Å². The Morgan fingerprint density at radius 3 is 2.95 bits per heavy atom. The minimum Gasteiger partial charge on any atom is -0.350 e.